The summed E-state index contributed by atoms with van der Waals surface area (Å²) in [6.45, 7) is 3.38. The maximum absolute atomic E-state index is 12.2. The molecule has 1 saturated heterocycles. The van der Waals surface area contributed by atoms with E-state index in [-0.39, 0.29) is 6.03 Å². The van der Waals surface area contributed by atoms with E-state index >= 15 is 0 Å². The molecule has 6 heteroatoms. The van der Waals surface area contributed by atoms with E-state index in [1.165, 1.54) is 0 Å². The van der Waals surface area contributed by atoms with Gasteiger partial charge in [-0.2, -0.15) is 0 Å². The van der Waals surface area contributed by atoms with Crippen LogP contribution in [0.5, 0.6) is 0 Å². The highest BCUT2D eigenvalue weighted by atomic mass is 35.5. The average Bonchev–Trinajstić information content (AvgIpc) is 2.82. The van der Waals surface area contributed by atoms with E-state index in [1.807, 2.05) is 25.9 Å². The molecule has 1 aromatic heterocycles. The Morgan fingerprint density at radius 3 is 2.84 bits per heavy atom. The number of urea groups is 1. The van der Waals surface area contributed by atoms with Gasteiger partial charge >= 0.3 is 6.03 Å². The number of halogens is 1. The molecule has 1 fully saturated rings. The van der Waals surface area contributed by atoms with Gasteiger partial charge in [0.05, 0.1) is 11.4 Å². The van der Waals surface area contributed by atoms with Gasteiger partial charge in [0.25, 0.3) is 0 Å². The third-order valence-corrected chi connectivity index (χ3v) is 3.68. The van der Waals surface area contributed by atoms with Crippen LogP contribution in [0.4, 0.5) is 10.5 Å². The molecule has 5 nitrogen and oxygen atoms in total. The molecule has 2 heterocycles. The van der Waals surface area contributed by atoms with Crippen molar-refractivity contribution in [2.45, 2.75) is 19.4 Å². The number of nitrogens with one attached hydrogen (secondary N) is 1. The number of rotatable bonds is 2. The van der Waals surface area contributed by atoms with Crippen LogP contribution < -0.4 is 5.32 Å². The van der Waals surface area contributed by atoms with E-state index in [9.17, 15) is 4.79 Å². The van der Waals surface area contributed by atoms with Gasteiger partial charge in [-0.15, -0.1) is 0 Å². The van der Waals surface area contributed by atoms with Crippen molar-refractivity contribution in [3.63, 3.8) is 0 Å². The number of likely N-dealkylation sites (N-methyl/N-ethyl adjacent to an activating group) is 1. The summed E-state index contributed by atoms with van der Waals surface area (Å²) in [5.74, 6) is 0. The first-order valence-corrected chi connectivity index (χ1v) is 6.70. The average molecular weight is 283 g/mol. The number of aromatic nitrogens is 1. The second kappa shape index (κ2) is 5.75. The molecule has 0 unspecified atom stereocenters. The molecule has 1 aliphatic rings. The lowest BCUT2D eigenvalue weighted by Gasteiger charge is -2.21. The Kier molecular flexibility index (Phi) is 4.27. The topological polar surface area (TPSA) is 48.5 Å². The summed E-state index contributed by atoms with van der Waals surface area (Å²) >= 11 is 5.79. The fourth-order valence-electron chi connectivity index (χ4n) is 2.20. The van der Waals surface area contributed by atoms with Crippen molar-refractivity contribution < 1.29 is 4.79 Å². The summed E-state index contributed by atoms with van der Waals surface area (Å²) in [6.07, 6.45) is 1.01. The first-order valence-electron chi connectivity index (χ1n) is 6.33. The molecule has 104 valence electrons. The van der Waals surface area contributed by atoms with Gasteiger partial charge in [0.15, 0.2) is 0 Å². The van der Waals surface area contributed by atoms with Crippen LogP contribution in [0.2, 0.25) is 5.15 Å². The molecule has 0 saturated carbocycles. The molecular weight excluding hydrogens is 264 g/mol. The number of amides is 2. The zero-order valence-corrected chi connectivity index (χ0v) is 12.2. The quantitative estimate of drug-likeness (QED) is 0.846. The van der Waals surface area contributed by atoms with E-state index in [4.69, 9.17) is 11.6 Å². The molecule has 0 spiro atoms. The number of anilines is 1. The number of pyridine rings is 1. The molecule has 1 aromatic rings. The predicted molar refractivity (Wildman–Crippen MR) is 76.7 cm³/mol. The molecule has 0 radical (unpaired) electrons. The zero-order valence-electron chi connectivity index (χ0n) is 11.5. The standard InChI is InChI=1S/C13H19ClN4O/c1-9-11(4-5-12(14)15-9)16-13(19)18-7-6-10(8-18)17(2)3/h4-5,10H,6-8H2,1-3H3,(H,16,19)/t10-/m0/s1. The molecule has 0 bridgehead atoms. The molecule has 1 aliphatic heterocycles. The Morgan fingerprint density at radius 1 is 1.53 bits per heavy atom. The van der Waals surface area contributed by atoms with Crippen molar-refractivity contribution in [3.8, 4) is 0 Å². The summed E-state index contributed by atoms with van der Waals surface area (Å²) in [4.78, 5) is 20.3. The highest BCUT2D eigenvalue weighted by molar-refractivity contribution is 6.29. The number of carbonyl (C=O) groups is 1. The molecule has 2 amide bonds. The van der Waals surface area contributed by atoms with Gasteiger partial charge in [0.1, 0.15) is 5.15 Å². The lowest BCUT2D eigenvalue weighted by Crippen LogP contribution is -2.37. The van der Waals surface area contributed by atoms with Crippen LogP contribution >= 0.6 is 11.6 Å². The number of aryl methyl sites for hydroxylation is 1. The molecule has 1 atom stereocenters. The Bertz CT molecular complexity index is 478. The van der Waals surface area contributed by atoms with E-state index in [0.29, 0.717) is 16.9 Å². The van der Waals surface area contributed by atoms with Gasteiger partial charge < -0.3 is 15.1 Å². The van der Waals surface area contributed by atoms with E-state index in [0.717, 1.165) is 25.2 Å². The SMILES string of the molecule is Cc1nc(Cl)ccc1NC(=O)N1CC[C@H](N(C)C)C1. The molecule has 2 rings (SSSR count). The normalized spacial score (nSPS) is 19.0. The van der Waals surface area contributed by atoms with Crippen LogP contribution in [0, 0.1) is 6.92 Å². The maximum Gasteiger partial charge on any atom is 0.321 e. The summed E-state index contributed by atoms with van der Waals surface area (Å²) in [6, 6.07) is 3.82. The Morgan fingerprint density at radius 2 is 2.26 bits per heavy atom. The second-order valence-corrected chi connectivity index (χ2v) is 5.44. The monoisotopic (exact) mass is 282 g/mol. The Balaban J connectivity index is 1.98. The molecule has 0 aromatic carbocycles. The van der Waals surface area contributed by atoms with Gasteiger partial charge in [0.2, 0.25) is 0 Å². The molecule has 19 heavy (non-hydrogen) atoms. The summed E-state index contributed by atoms with van der Waals surface area (Å²) in [7, 11) is 4.08. The van der Waals surface area contributed by atoms with Gasteiger partial charge in [-0.1, -0.05) is 11.6 Å². The predicted octanol–water partition coefficient (Wildman–Crippen LogP) is 2.21. The van der Waals surface area contributed by atoms with Crippen molar-refractivity contribution in [2.24, 2.45) is 0 Å². The first kappa shape index (κ1) is 14.1. The van der Waals surface area contributed by atoms with Crippen molar-refractivity contribution in [2.75, 3.05) is 32.5 Å². The minimum absolute atomic E-state index is 0.0726. The summed E-state index contributed by atoms with van der Waals surface area (Å²) < 4.78 is 0. The van der Waals surface area contributed by atoms with E-state index in [1.54, 1.807) is 12.1 Å². The van der Waals surface area contributed by atoms with Crippen LogP contribution in [0.1, 0.15) is 12.1 Å². The zero-order chi connectivity index (χ0) is 14.0. The molecule has 0 aliphatic carbocycles. The largest absolute Gasteiger partial charge is 0.323 e. The van der Waals surface area contributed by atoms with Crippen LogP contribution in [0.25, 0.3) is 0 Å². The Labute approximate surface area is 118 Å². The molecule has 1 N–H and O–H groups in total. The Hall–Kier alpha value is -1.33. The summed E-state index contributed by atoms with van der Waals surface area (Å²) in [5, 5.41) is 3.32. The number of hydrogen-bond donors (Lipinski definition) is 1. The van der Waals surface area contributed by atoms with Crippen molar-refractivity contribution in [1.82, 2.24) is 14.8 Å². The maximum atomic E-state index is 12.2. The highest BCUT2D eigenvalue weighted by Gasteiger charge is 2.27. The first-order chi connectivity index (χ1) is 8.97. The lowest BCUT2D eigenvalue weighted by molar-refractivity contribution is 0.216. The summed E-state index contributed by atoms with van der Waals surface area (Å²) in [5.41, 5.74) is 1.44. The molecular formula is C13H19ClN4O. The number of hydrogen-bond acceptors (Lipinski definition) is 3. The van der Waals surface area contributed by atoms with Crippen LogP contribution in [-0.4, -0.2) is 54.0 Å². The van der Waals surface area contributed by atoms with E-state index < -0.39 is 0 Å². The third kappa shape index (κ3) is 3.36. The highest BCUT2D eigenvalue weighted by Crippen LogP contribution is 2.18. The smallest absolute Gasteiger partial charge is 0.321 e. The fraction of sp³-hybridized carbons (Fsp3) is 0.538. The van der Waals surface area contributed by atoms with Gasteiger partial charge in [-0.05, 0) is 39.6 Å². The van der Waals surface area contributed by atoms with Crippen LogP contribution in [0.3, 0.4) is 0 Å². The third-order valence-electron chi connectivity index (χ3n) is 3.47. The van der Waals surface area contributed by atoms with Crippen molar-refractivity contribution >= 4 is 23.3 Å². The number of nitrogens with zero attached hydrogens (tertiary/aromatic N) is 3. The fourth-order valence-corrected chi connectivity index (χ4v) is 2.39. The second-order valence-electron chi connectivity index (χ2n) is 5.05. The number of likely N-dealkylation sites (tertiary alicyclic amines) is 1. The van der Waals surface area contributed by atoms with Crippen LogP contribution in [0.15, 0.2) is 12.1 Å². The van der Waals surface area contributed by atoms with Crippen molar-refractivity contribution in [3.05, 3.63) is 23.0 Å². The van der Waals surface area contributed by atoms with Gasteiger partial charge in [-0.25, -0.2) is 9.78 Å². The van der Waals surface area contributed by atoms with Crippen molar-refractivity contribution in [1.29, 1.82) is 0 Å². The number of carbonyl (C=O) groups excluding carboxylic acids is 1. The minimum atomic E-state index is -0.0726. The van der Waals surface area contributed by atoms with Crippen LogP contribution in [-0.2, 0) is 0 Å². The van der Waals surface area contributed by atoms with Gasteiger partial charge in [0, 0.05) is 19.1 Å². The minimum Gasteiger partial charge on any atom is -0.323 e. The van der Waals surface area contributed by atoms with Gasteiger partial charge in [-0.3, -0.25) is 0 Å². The van der Waals surface area contributed by atoms with E-state index in [2.05, 4.69) is 15.2 Å². The lowest BCUT2D eigenvalue weighted by atomic mass is 10.2.